The fourth-order valence-electron chi connectivity index (χ4n) is 1.93. The van der Waals surface area contributed by atoms with Gasteiger partial charge in [0.05, 0.1) is 0 Å². The summed E-state index contributed by atoms with van der Waals surface area (Å²) in [5.41, 5.74) is 4.01. The van der Waals surface area contributed by atoms with E-state index < -0.39 is 0 Å². The van der Waals surface area contributed by atoms with Crippen LogP contribution < -0.4 is 10.2 Å². The smallest absolute Gasteiger partial charge is 0.0393 e. The van der Waals surface area contributed by atoms with Crippen LogP contribution >= 0.6 is 0 Å². The van der Waals surface area contributed by atoms with Crippen LogP contribution in [0.4, 0.5) is 5.69 Å². The molecule has 17 heavy (non-hydrogen) atoms. The zero-order valence-corrected chi connectivity index (χ0v) is 11.7. The van der Waals surface area contributed by atoms with Gasteiger partial charge in [-0.1, -0.05) is 12.1 Å². The minimum atomic E-state index is 0.933. The quantitative estimate of drug-likeness (QED) is 0.810. The summed E-state index contributed by atoms with van der Waals surface area (Å²) < 4.78 is 0. The van der Waals surface area contributed by atoms with Crippen molar-refractivity contribution < 1.29 is 0 Å². The van der Waals surface area contributed by atoms with Gasteiger partial charge in [0.1, 0.15) is 0 Å². The molecule has 0 aliphatic carbocycles. The number of likely N-dealkylation sites (N-methyl/N-ethyl adjacent to an activating group) is 2. The fourth-order valence-corrected chi connectivity index (χ4v) is 1.93. The first-order chi connectivity index (χ1) is 8.04. The van der Waals surface area contributed by atoms with Gasteiger partial charge >= 0.3 is 0 Å². The van der Waals surface area contributed by atoms with Crippen LogP contribution in [0.15, 0.2) is 18.2 Å². The topological polar surface area (TPSA) is 18.5 Å². The van der Waals surface area contributed by atoms with Crippen molar-refractivity contribution in [3.05, 3.63) is 29.3 Å². The van der Waals surface area contributed by atoms with Crippen molar-refractivity contribution in [1.82, 2.24) is 10.2 Å². The summed E-state index contributed by atoms with van der Waals surface area (Å²) in [6.07, 6.45) is 0. The van der Waals surface area contributed by atoms with Gasteiger partial charge in [0, 0.05) is 32.4 Å². The first-order valence-electron chi connectivity index (χ1n) is 6.14. The van der Waals surface area contributed by atoms with Gasteiger partial charge < -0.3 is 15.1 Å². The van der Waals surface area contributed by atoms with Crippen molar-refractivity contribution in [2.75, 3.05) is 46.2 Å². The highest BCUT2D eigenvalue weighted by molar-refractivity contribution is 5.53. The van der Waals surface area contributed by atoms with E-state index in [0.717, 1.165) is 19.6 Å². The molecule has 1 N–H and O–H groups in total. The van der Waals surface area contributed by atoms with Gasteiger partial charge in [-0.25, -0.2) is 0 Å². The Bertz CT molecular complexity index is 347. The maximum absolute atomic E-state index is 3.18. The molecule has 0 heterocycles. The summed E-state index contributed by atoms with van der Waals surface area (Å²) in [6.45, 7) is 5.25. The van der Waals surface area contributed by atoms with Crippen LogP contribution in [-0.2, 0) is 6.54 Å². The molecule has 0 bridgehead atoms. The van der Waals surface area contributed by atoms with E-state index in [9.17, 15) is 0 Å². The Morgan fingerprint density at radius 2 is 1.82 bits per heavy atom. The van der Waals surface area contributed by atoms with E-state index in [1.54, 1.807) is 0 Å². The molecule has 0 amide bonds. The number of hydrogen-bond donors (Lipinski definition) is 1. The molecule has 3 nitrogen and oxygen atoms in total. The summed E-state index contributed by atoms with van der Waals surface area (Å²) in [4.78, 5) is 4.53. The highest BCUT2D eigenvalue weighted by Gasteiger charge is 2.05. The molecule has 0 aromatic heterocycles. The van der Waals surface area contributed by atoms with Gasteiger partial charge in [0.25, 0.3) is 0 Å². The predicted molar refractivity (Wildman–Crippen MR) is 75.8 cm³/mol. The number of nitrogens with one attached hydrogen (secondary N) is 1. The lowest BCUT2D eigenvalue weighted by Crippen LogP contribution is -2.28. The molecular formula is C14H25N3. The summed E-state index contributed by atoms with van der Waals surface area (Å²) in [6, 6.07) is 6.68. The predicted octanol–water partition coefficient (Wildman–Crippen LogP) is 1.71. The van der Waals surface area contributed by atoms with Crippen molar-refractivity contribution in [2.45, 2.75) is 13.5 Å². The summed E-state index contributed by atoms with van der Waals surface area (Å²) >= 11 is 0. The molecule has 1 aromatic rings. The third-order valence-corrected chi connectivity index (χ3v) is 2.94. The molecule has 0 spiro atoms. The Morgan fingerprint density at radius 1 is 1.12 bits per heavy atom. The maximum Gasteiger partial charge on any atom is 0.0393 e. The number of rotatable bonds is 6. The van der Waals surface area contributed by atoms with Crippen LogP contribution in [-0.4, -0.2) is 46.2 Å². The van der Waals surface area contributed by atoms with E-state index in [1.807, 2.05) is 7.05 Å². The van der Waals surface area contributed by atoms with Gasteiger partial charge in [-0.3, -0.25) is 0 Å². The second-order valence-electron chi connectivity index (χ2n) is 4.88. The molecule has 1 aromatic carbocycles. The van der Waals surface area contributed by atoms with Crippen molar-refractivity contribution >= 4 is 5.69 Å². The van der Waals surface area contributed by atoms with Gasteiger partial charge in [0.2, 0.25) is 0 Å². The minimum absolute atomic E-state index is 0.933. The first-order valence-corrected chi connectivity index (χ1v) is 6.14. The molecule has 0 fully saturated rings. The Balaban J connectivity index is 2.70. The Kier molecular flexibility index (Phi) is 5.45. The van der Waals surface area contributed by atoms with Gasteiger partial charge in [0.15, 0.2) is 0 Å². The monoisotopic (exact) mass is 235 g/mol. The van der Waals surface area contributed by atoms with Crippen molar-refractivity contribution in [1.29, 1.82) is 0 Å². The van der Waals surface area contributed by atoms with Crippen LogP contribution in [0, 0.1) is 6.92 Å². The van der Waals surface area contributed by atoms with Crippen LogP contribution in [0.1, 0.15) is 11.1 Å². The van der Waals surface area contributed by atoms with Gasteiger partial charge in [-0.05, 0) is 45.3 Å². The second-order valence-corrected chi connectivity index (χ2v) is 4.88. The lowest BCUT2D eigenvalue weighted by molar-refractivity contribution is 0.416. The normalized spacial score (nSPS) is 10.9. The van der Waals surface area contributed by atoms with Crippen molar-refractivity contribution in [3.8, 4) is 0 Å². The van der Waals surface area contributed by atoms with Gasteiger partial charge in [-0.15, -0.1) is 0 Å². The highest BCUT2D eigenvalue weighted by Crippen LogP contribution is 2.19. The molecule has 3 heteroatoms. The van der Waals surface area contributed by atoms with Crippen LogP contribution in [0.2, 0.25) is 0 Å². The zero-order valence-electron chi connectivity index (χ0n) is 11.7. The Morgan fingerprint density at radius 3 is 2.35 bits per heavy atom. The molecule has 0 aliphatic heterocycles. The highest BCUT2D eigenvalue weighted by atomic mass is 15.2. The molecule has 1 rings (SSSR count). The number of benzene rings is 1. The molecule has 0 radical (unpaired) electrons. The van der Waals surface area contributed by atoms with Crippen molar-refractivity contribution in [2.24, 2.45) is 0 Å². The van der Waals surface area contributed by atoms with E-state index in [-0.39, 0.29) is 0 Å². The van der Waals surface area contributed by atoms with Crippen LogP contribution in [0.3, 0.4) is 0 Å². The molecule has 0 aliphatic rings. The number of nitrogens with zero attached hydrogens (tertiary/aromatic N) is 2. The van der Waals surface area contributed by atoms with Crippen molar-refractivity contribution in [3.63, 3.8) is 0 Å². The summed E-state index contributed by atoms with van der Waals surface area (Å²) in [5.74, 6) is 0. The molecule has 0 unspecified atom stereocenters. The molecule has 0 atom stereocenters. The summed E-state index contributed by atoms with van der Waals surface area (Å²) in [5, 5.41) is 3.18. The van der Waals surface area contributed by atoms with E-state index in [0.29, 0.717) is 0 Å². The lowest BCUT2D eigenvalue weighted by Gasteiger charge is -2.23. The van der Waals surface area contributed by atoms with Crippen LogP contribution in [0.25, 0.3) is 0 Å². The minimum Gasteiger partial charge on any atom is -0.373 e. The second kappa shape index (κ2) is 6.62. The van der Waals surface area contributed by atoms with E-state index in [2.05, 4.69) is 61.4 Å². The van der Waals surface area contributed by atoms with Crippen LogP contribution in [0.5, 0.6) is 0 Å². The molecule has 96 valence electrons. The van der Waals surface area contributed by atoms with E-state index in [4.69, 9.17) is 0 Å². The average Bonchev–Trinajstić information content (AvgIpc) is 2.26. The number of aryl methyl sites for hydroxylation is 1. The molecule has 0 saturated heterocycles. The maximum atomic E-state index is 3.18. The summed E-state index contributed by atoms with van der Waals surface area (Å²) in [7, 11) is 8.35. The van der Waals surface area contributed by atoms with E-state index in [1.165, 1.54) is 16.8 Å². The molecule has 0 saturated carbocycles. The Hall–Kier alpha value is -1.06. The standard InChI is InChI=1S/C14H25N3/c1-12-10-13(11-15-2)6-7-14(12)17(5)9-8-16(3)4/h6-7,10,15H,8-9,11H2,1-5H3. The first kappa shape index (κ1) is 14.0. The third-order valence-electron chi connectivity index (χ3n) is 2.94. The van der Waals surface area contributed by atoms with E-state index >= 15 is 0 Å². The average molecular weight is 235 g/mol. The lowest BCUT2D eigenvalue weighted by atomic mass is 10.1. The van der Waals surface area contributed by atoms with Gasteiger partial charge in [-0.2, -0.15) is 0 Å². The zero-order chi connectivity index (χ0) is 12.8. The fraction of sp³-hybridized carbons (Fsp3) is 0.571. The number of hydrogen-bond acceptors (Lipinski definition) is 3. The SMILES string of the molecule is CNCc1ccc(N(C)CCN(C)C)c(C)c1. The molecular weight excluding hydrogens is 210 g/mol. The number of anilines is 1. The largest absolute Gasteiger partial charge is 0.373 e. The third kappa shape index (κ3) is 4.36. The Labute approximate surface area is 105 Å².